The molecule has 138 valence electrons. The second-order valence-corrected chi connectivity index (χ2v) is 8.72. The number of amides is 1. The van der Waals surface area contributed by atoms with Crippen LogP contribution in [-0.4, -0.2) is 77.0 Å². The molecule has 1 aromatic rings. The lowest BCUT2D eigenvalue weighted by atomic mass is 10.1. The Morgan fingerprint density at radius 3 is 2.32 bits per heavy atom. The van der Waals surface area contributed by atoms with Crippen LogP contribution in [0, 0.1) is 0 Å². The highest BCUT2D eigenvalue weighted by Gasteiger charge is 2.27. The zero-order chi connectivity index (χ0) is 18.0. The van der Waals surface area contributed by atoms with Crippen LogP contribution in [0.2, 0.25) is 0 Å². The maximum absolute atomic E-state index is 13.1. The number of sulfonamides is 1. The van der Waals surface area contributed by atoms with Gasteiger partial charge in [-0.2, -0.15) is 0 Å². The Bertz CT molecular complexity index is 736. The van der Waals surface area contributed by atoms with Gasteiger partial charge in [0.25, 0.3) is 5.91 Å². The minimum Gasteiger partial charge on any atom is -0.378 e. The molecule has 3 rings (SSSR count). The summed E-state index contributed by atoms with van der Waals surface area (Å²) in [5.41, 5.74) is 1.29. The molecule has 25 heavy (non-hydrogen) atoms. The Balaban J connectivity index is 2.02. The monoisotopic (exact) mass is 367 g/mol. The lowest BCUT2D eigenvalue weighted by Crippen LogP contribution is -2.41. The number of anilines is 1. The fourth-order valence-electron chi connectivity index (χ4n) is 3.23. The lowest BCUT2D eigenvalue weighted by molar-refractivity contribution is 0.0303. The molecule has 1 aromatic carbocycles. The Hall–Kier alpha value is -1.64. The van der Waals surface area contributed by atoms with Gasteiger partial charge in [0.1, 0.15) is 0 Å². The molecule has 0 spiro atoms. The van der Waals surface area contributed by atoms with Crippen LogP contribution >= 0.6 is 0 Å². The highest BCUT2D eigenvalue weighted by atomic mass is 32.2. The third-order valence-corrected chi connectivity index (χ3v) is 6.53. The number of hydrogen-bond donors (Lipinski definition) is 0. The molecule has 2 saturated heterocycles. The van der Waals surface area contributed by atoms with Gasteiger partial charge in [0.2, 0.25) is 10.0 Å². The van der Waals surface area contributed by atoms with Crippen molar-refractivity contribution in [3.8, 4) is 0 Å². The molecular formula is C17H25N3O4S. The molecule has 0 aliphatic carbocycles. The van der Waals surface area contributed by atoms with Crippen LogP contribution in [0.5, 0.6) is 0 Å². The van der Waals surface area contributed by atoms with Crippen molar-refractivity contribution in [1.82, 2.24) is 9.21 Å². The molecule has 2 aliphatic heterocycles. The highest BCUT2D eigenvalue weighted by Crippen LogP contribution is 2.29. The van der Waals surface area contributed by atoms with Crippen LogP contribution in [0.25, 0.3) is 0 Å². The zero-order valence-corrected chi connectivity index (χ0v) is 15.6. The maximum Gasteiger partial charge on any atom is 0.256 e. The molecule has 0 unspecified atom stereocenters. The second-order valence-electron chi connectivity index (χ2n) is 6.57. The summed E-state index contributed by atoms with van der Waals surface area (Å²) in [4.78, 5) is 17.1. The zero-order valence-electron chi connectivity index (χ0n) is 14.8. The molecule has 8 heteroatoms. The van der Waals surface area contributed by atoms with E-state index in [0.717, 1.165) is 31.6 Å². The second kappa shape index (κ2) is 7.31. The van der Waals surface area contributed by atoms with Gasteiger partial charge in [-0.15, -0.1) is 0 Å². The fraction of sp³-hybridized carbons (Fsp3) is 0.588. The Morgan fingerprint density at radius 1 is 1.08 bits per heavy atom. The molecule has 2 heterocycles. The first-order chi connectivity index (χ1) is 11.9. The van der Waals surface area contributed by atoms with E-state index in [0.29, 0.717) is 31.9 Å². The van der Waals surface area contributed by atoms with E-state index in [1.165, 1.54) is 24.5 Å². The van der Waals surface area contributed by atoms with Crippen LogP contribution < -0.4 is 4.90 Å². The molecule has 2 fully saturated rings. The third-order valence-electron chi connectivity index (χ3n) is 4.72. The van der Waals surface area contributed by atoms with E-state index in [2.05, 4.69) is 4.90 Å². The van der Waals surface area contributed by atoms with Crippen LogP contribution in [0.4, 0.5) is 5.69 Å². The standard InChI is InChI=1S/C17H25N3O4S/c1-18(2)25(22,23)14-5-6-16(19-7-3-4-8-19)15(13-14)17(21)20-9-11-24-12-10-20/h5-6,13H,3-4,7-12H2,1-2H3. The van der Waals surface area contributed by atoms with Crippen molar-refractivity contribution in [2.45, 2.75) is 17.7 Å². The Labute approximate surface area is 149 Å². The molecule has 0 saturated carbocycles. The van der Waals surface area contributed by atoms with E-state index >= 15 is 0 Å². The number of benzene rings is 1. The number of morpholine rings is 1. The SMILES string of the molecule is CN(C)S(=O)(=O)c1ccc(N2CCCC2)c(C(=O)N2CCOCC2)c1. The van der Waals surface area contributed by atoms with Crippen LogP contribution in [0.1, 0.15) is 23.2 Å². The molecule has 0 aromatic heterocycles. The molecule has 7 nitrogen and oxygen atoms in total. The normalized spacial score (nSPS) is 18.8. The Morgan fingerprint density at radius 2 is 1.72 bits per heavy atom. The largest absolute Gasteiger partial charge is 0.378 e. The Kier molecular flexibility index (Phi) is 5.31. The lowest BCUT2D eigenvalue weighted by Gasteiger charge is -2.29. The summed E-state index contributed by atoms with van der Waals surface area (Å²) >= 11 is 0. The summed E-state index contributed by atoms with van der Waals surface area (Å²) in [6.45, 7) is 3.87. The van der Waals surface area contributed by atoms with Crippen molar-refractivity contribution in [3.05, 3.63) is 23.8 Å². The summed E-state index contributed by atoms with van der Waals surface area (Å²) in [7, 11) is -0.598. The quantitative estimate of drug-likeness (QED) is 0.794. The van der Waals surface area contributed by atoms with Gasteiger partial charge >= 0.3 is 0 Å². The topological polar surface area (TPSA) is 70.2 Å². The third kappa shape index (κ3) is 3.65. The van der Waals surface area contributed by atoms with E-state index in [1.807, 2.05) is 0 Å². The summed E-state index contributed by atoms with van der Waals surface area (Å²) < 4.78 is 31.5. The first kappa shape index (κ1) is 18.2. The number of ether oxygens (including phenoxy) is 1. The van der Waals surface area contributed by atoms with Gasteiger partial charge in [-0.3, -0.25) is 4.79 Å². The summed E-state index contributed by atoms with van der Waals surface area (Å²) in [5, 5.41) is 0. The molecule has 0 atom stereocenters. The van der Waals surface area contributed by atoms with Crippen LogP contribution in [0.15, 0.2) is 23.1 Å². The minimum atomic E-state index is -3.58. The van der Waals surface area contributed by atoms with Crippen molar-refractivity contribution in [3.63, 3.8) is 0 Å². The highest BCUT2D eigenvalue weighted by molar-refractivity contribution is 7.89. The van der Waals surface area contributed by atoms with Crippen LogP contribution in [-0.2, 0) is 14.8 Å². The average molecular weight is 367 g/mol. The van der Waals surface area contributed by atoms with Gasteiger partial charge in [0, 0.05) is 46.0 Å². The first-order valence-electron chi connectivity index (χ1n) is 8.60. The number of rotatable bonds is 4. The minimum absolute atomic E-state index is 0.124. The average Bonchev–Trinajstić information content (AvgIpc) is 3.15. The number of hydrogen-bond acceptors (Lipinski definition) is 5. The summed E-state index contributed by atoms with van der Waals surface area (Å²) in [6, 6.07) is 4.90. The smallest absolute Gasteiger partial charge is 0.256 e. The maximum atomic E-state index is 13.1. The number of carbonyl (C=O) groups is 1. The molecule has 1 amide bonds. The van der Waals surface area contributed by atoms with Gasteiger partial charge < -0.3 is 14.5 Å². The van der Waals surface area contributed by atoms with E-state index in [9.17, 15) is 13.2 Å². The van der Waals surface area contributed by atoms with Gasteiger partial charge in [-0.25, -0.2) is 12.7 Å². The van der Waals surface area contributed by atoms with Crippen LogP contribution in [0.3, 0.4) is 0 Å². The number of nitrogens with zero attached hydrogens (tertiary/aromatic N) is 3. The molecule has 0 N–H and O–H groups in total. The van der Waals surface area contributed by atoms with E-state index in [4.69, 9.17) is 4.74 Å². The van der Waals surface area contributed by atoms with Crippen molar-refractivity contribution >= 4 is 21.6 Å². The number of carbonyl (C=O) groups excluding carboxylic acids is 1. The molecule has 0 bridgehead atoms. The summed E-state index contributed by atoms with van der Waals surface area (Å²) in [6.07, 6.45) is 2.17. The fourth-order valence-corrected chi connectivity index (χ4v) is 4.16. The molecule has 2 aliphatic rings. The van der Waals surface area contributed by atoms with Crippen molar-refractivity contribution in [2.24, 2.45) is 0 Å². The molecular weight excluding hydrogens is 342 g/mol. The predicted molar refractivity (Wildman–Crippen MR) is 95.5 cm³/mol. The van der Waals surface area contributed by atoms with Gasteiger partial charge in [0.05, 0.1) is 23.7 Å². The van der Waals surface area contributed by atoms with E-state index in [-0.39, 0.29) is 10.8 Å². The van der Waals surface area contributed by atoms with Crippen molar-refractivity contribution in [2.75, 3.05) is 58.4 Å². The van der Waals surface area contributed by atoms with Crippen molar-refractivity contribution < 1.29 is 17.9 Å². The van der Waals surface area contributed by atoms with Gasteiger partial charge in [-0.05, 0) is 31.0 Å². The predicted octanol–water partition coefficient (Wildman–Crippen LogP) is 1.01. The summed E-state index contributed by atoms with van der Waals surface area (Å²) in [5.74, 6) is -0.124. The van der Waals surface area contributed by atoms with E-state index in [1.54, 1.807) is 17.0 Å². The van der Waals surface area contributed by atoms with E-state index < -0.39 is 10.0 Å². The van der Waals surface area contributed by atoms with Gasteiger partial charge in [-0.1, -0.05) is 0 Å². The van der Waals surface area contributed by atoms with Gasteiger partial charge in [0.15, 0.2) is 0 Å². The first-order valence-corrected chi connectivity index (χ1v) is 10.0. The van der Waals surface area contributed by atoms with Crippen molar-refractivity contribution in [1.29, 1.82) is 0 Å². The molecule has 0 radical (unpaired) electrons.